The summed E-state index contributed by atoms with van der Waals surface area (Å²) in [5.74, 6) is 5.72. The van der Waals surface area contributed by atoms with Gasteiger partial charge < -0.3 is 0 Å². The van der Waals surface area contributed by atoms with Crippen LogP contribution in [-0.2, 0) is 0 Å². The van der Waals surface area contributed by atoms with E-state index in [4.69, 9.17) is 0 Å². The van der Waals surface area contributed by atoms with Gasteiger partial charge in [-0.2, -0.15) is 0 Å². The number of carbonyl (C=O) groups is 1. The zero-order valence-corrected chi connectivity index (χ0v) is 8.04. The Balaban J connectivity index is 2.93. The van der Waals surface area contributed by atoms with Crippen LogP contribution < -0.4 is 0 Å². The molecule has 0 aliphatic heterocycles. The highest BCUT2D eigenvalue weighted by molar-refractivity contribution is 9.09. The molecule has 0 saturated carbocycles. The van der Waals surface area contributed by atoms with Crippen molar-refractivity contribution in [3.05, 3.63) is 21.9 Å². The zero-order valence-electron chi connectivity index (χ0n) is 5.63. The van der Waals surface area contributed by atoms with Gasteiger partial charge in [0.25, 0.3) is 0 Å². The van der Waals surface area contributed by atoms with Crippen LogP contribution in [0.5, 0.6) is 0 Å². The van der Waals surface area contributed by atoms with Crippen LogP contribution in [-0.4, -0.2) is 11.6 Å². The maximum Gasteiger partial charge on any atom is 0.161 e. The van der Waals surface area contributed by atoms with Gasteiger partial charge in [-0.25, -0.2) is 0 Å². The fourth-order valence-electron chi connectivity index (χ4n) is 0.644. The molecular formula is C8H5BrOS. The summed E-state index contributed by atoms with van der Waals surface area (Å²) in [6.07, 6.45) is 0.836. The van der Waals surface area contributed by atoms with Gasteiger partial charge in [-0.1, -0.05) is 27.8 Å². The average Bonchev–Trinajstić information content (AvgIpc) is 2.47. The molecule has 0 unspecified atom stereocenters. The average molecular weight is 229 g/mol. The minimum atomic E-state index is 0.640. The van der Waals surface area contributed by atoms with Gasteiger partial charge in [-0.05, 0) is 11.4 Å². The number of alkyl halides is 1. The van der Waals surface area contributed by atoms with Gasteiger partial charge in [-0.15, -0.1) is 11.3 Å². The van der Waals surface area contributed by atoms with Crippen LogP contribution >= 0.6 is 27.3 Å². The van der Waals surface area contributed by atoms with E-state index in [1.54, 1.807) is 0 Å². The summed E-state index contributed by atoms with van der Waals surface area (Å²) >= 11 is 4.60. The number of carbonyl (C=O) groups excluding carboxylic acids is 1. The lowest BCUT2D eigenvalue weighted by atomic mass is 10.3. The van der Waals surface area contributed by atoms with Crippen molar-refractivity contribution in [2.75, 3.05) is 5.33 Å². The molecule has 1 aromatic heterocycles. The molecule has 0 atom stereocenters. The normalized spacial score (nSPS) is 8.45. The molecule has 0 radical (unpaired) electrons. The number of rotatable bonds is 1. The van der Waals surface area contributed by atoms with Crippen molar-refractivity contribution in [1.82, 2.24) is 0 Å². The third-order valence-corrected chi connectivity index (χ3v) is 2.21. The van der Waals surface area contributed by atoms with Gasteiger partial charge >= 0.3 is 0 Å². The van der Waals surface area contributed by atoms with E-state index in [0.717, 1.165) is 11.8 Å². The van der Waals surface area contributed by atoms with Crippen LogP contribution in [0.2, 0.25) is 0 Å². The second-order valence-electron chi connectivity index (χ2n) is 1.75. The molecule has 11 heavy (non-hydrogen) atoms. The number of hydrogen-bond acceptors (Lipinski definition) is 2. The van der Waals surface area contributed by atoms with Crippen molar-refractivity contribution < 1.29 is 4.79 Å². The number of hydrogen-bond donors (Lipinski definition) is 0. The van der Waals surface area contributed by atoms with Crippen molar-refractivity contribution >= 4 is 33.6 Å². The number of thiophene rings is 1. The lowest BCUT2D eigenvalue weighted by molar-refractivity contribution is 0.112. The molecule has 1 nitrogen and oxygen atoms in total. The quantitative estimate of drug-likeness (QED) is 0.410. The summed E-state index contributed by atoms with van der Waals surface area (Å²) in [6.45, 7) is 0. The van der Waals surface area contributed by atoms with E-state index in [9.17, 15) is 4.79 Å². The van der Waals surface area contributed by atoms with Crippen molar-refractivity contribution in [2.45, 2.75) is 0 Å². The first-order chi connectivity index (χ1) is 5.38. The molecule has 0 aliphatic rings. The molecule has 1 heterocycles. The summed E-state index contributed by atoms with van der Waals surface area (Å²) < 4.78 is 0. The minimum absolute atomic E-state index is 0.640. The summed E-state index contributed by atoms with van der Waals surface area (Å²) in [5, 5.41) is 2.50. The Hall–Kier alpha value is -0.590. The van der Waals surface area contributed by atoms with Crippen molar-refractivity contribution in [1.29, 1.82) is 0 Å². The highest BCUT2D eigenvalue weighted by Gasteiger charge is 1.97. The zero-order chi connectivity index (χ0) is 8.10. The van der Waals surface area contributed by atoms with Gasteiger partial charge in [0, 0.05) is 5.56 Å². The highest BCUT2D eigenvalue weighted by atomic mass is 79.9. The molecule has 0 aliphatic carbocycles. The molecule has 3 heteroatoms. The lowest BCUT2D eigenvalue weighted by Crippen LogP contribution is -1.76. The largest absolute Gasteiger partial charge is 0.297 e. The van der Waals surface area contributed by atoms with E-state index >= 15 is 0 Å². The number of aldehydes is 1. The first-order valence-electron chi connectivity index (χ1n) is 2.96. The summed E-state index contributed by atoms with van der Waals surface area (Å²) in [5.41, 5.74) is 0.824. The van der Waals surface area contributed by atoms with E-state index in [2.05, 4.69) is 27.8 Å². The van der Waals surface area contributed by atoms with Crippen molar-refractivity contribution in [3.8, 4) is 11.8 Å². The smallest absolute Gasteiger partial charge is 0.161 e. The predicted molar refractivity (Wildman–Crippen MR) is 50.4 cm³/mol. The molecule has 1 aromatic rings. The van der Waals surface area contributed by atoms with Crippen LogP contribution in [0.1, 0.15) is 15.2 Å². The van der Waals surface area contributed by atoms with Gasteiger partial charge in [0.05, 0.1) is 10.2 Å². The molecule has 56 valence electrons. The van der Waals surface area contributed by atoms with Gasteiger partial charge in [0.1, 0.15) is 0 Å². The first-order valence-corrected chi connectivity index (χ1v) is 4.96. The third-order valence-electron chi connectivity index (χ3n) is 1.09. The Morgan fingerprint density at radius 3 is 3.18 bits per heavy atom. The topological polar surface area (TPSA) is 17.1 Å². The maximum atomic E-state index is 10.4. The van der Waals surface area contributed by atoms with E-state index in [-0.39, 0.29) is 0 Å². The molecule has 0 N–H and O–H groups in total. The van der Waals surface area contributed by atoms with Crippen LogP contribution in [0.4, 0.5) is 0 Å². The van der Waals surface area contributed by atoms with Crippen LogP contribution in [0.25, 0.3) is 0 Å². The monoisotopic (exact) mass is 228 g/mol. The first kappa shape index (κ1) is 8.51. The molecule has 0 bridgehead atoms. The number of halogens is 1. The second kappa shape index (κ2) is 4.32. The predicted octanol–water partition coefficient (Wildman–Crippen LogP) is 2.31. The molecular weight excluding hydrogens is 224 g/mol. The standard InChI is InChI=1S/C8H5BrOS/c9-4-1-2-7-3-5-11-8(7)6-10/h3,5-6H,4H2. The lowest BCUT2D eigenvalue weighted by Gasteiger charge is -1.81. The summed E-state index contributed by atoms with van der Waals surface area (Å²) in [6, 6.07) is 1.85. The fraction of sp³-hybridized carbons (Fsp3) is 0.125. The Bertz CT molecular complexity index is 305. The van der Waals surface area contributed by atoms with E-state index in [0.29, 0.717) is 10.2 Å². The van der Waals surface area contributed by atoms with Crippen LogP contribution in [0, 0.1) is 11.8 Å². The molecule has 0 fully saturated rings. The van der Waals surface area contributed by atoms with Gasteiger partial charge in [0.15, 0.2) is 6.29 Å². The Labute approximate surface area is 77.6 Å². The Morgan fingerprint density at radius 2 is 2.55 bits per heavy atom. The van der Waals surface area contributed by atoms with Crippen LogP contribution in [0.15, 0.2) is 11.4 Å². The fourth-order valence-corrected chi connectivity index (χ4v) is 1.44. The molecule has 0 spiro atoms. The van der Waals surface area contributed by atoms with Gasteiger partial charge in [-0.3, -0.25) is 4.79 Å². The highest BCUT2D eigenvalue weighted by Crippen LogP contribution is 2.12. The minimum Gasteiger partial charge on any atom is -0.297 e. The van der Waals surface area contributed by atoms with E-state index in [1.165, 1.54) is 11.3 Å². The maximum absolute atomic E-state index is 10.4. The van der Waals surface area contributed by atoms with E-state index in [1.807, 2.05) is 11.4 Å². The van der Waals surface area contributed by atoms with Crippen molar-refractivity contribution in [3.63, 3.8) is 0 Å². The second-order valence-corrected chi connectivity index (χ2v) is 3.26. The molecule has 0 saturated heterocycles. The molecule has 0 amide bonds. The van der Waals surface area contributed by atoms with E-state index < -0.39 is 0 Å². The summed E-state index contributed by atoms with van der Waals surface area (Å²) in [4.78, 5) is 11.1. The Morgan fingerprint density at radius 1 is 1.73 bits per heavy atom. The van der Waals surface area contributed by atoms with Gasteiger partial charge in [0.2, 0.25) is 0 Å². The SMILES string of the molecule is O=Cc1sccc1C#CCBr. The summed E-state index contributed by atoms with van der Waals surface area (Å²) in [7, 11) is 0. The molecule has 1 rings (SSSR count). The van der Waals surface area contributed by atoms with Crippen LogP contribution in [0.3, 0.4) is 0 Å². The Kier molecular flexibility index (Phi) is 3.34. The molecule has 0 aromatic carbocycles. The van der Waals surface area contributed by atoms with Crippen molar-refractivity contribution in [2.24, 2.45) is 0 Å². The third kappa shape index (κ3) is 2.18.